The van der Waals surface area contributed by atoms with Crippen molar-refractivity contribution in [1.82, 2.24) is 0 Å². The molecular formula is C18H16O3. The number of aliphatic carboxylic acids is 1. The molecule has 1 aliphatic carbocycles. The number of carbonyl (C=O) groups excluding carboxylic acids is 1. The van der Waals surface area contributed by atoms with E-state index in [4.69, 9.17) is 0 Å². The molecule has 106 valence electrons. The van der Waals surface area contributed by atoms with Crippen LogP contribution in [0.15, 0.2) is 60.7 Å². The minimum absolute atomic E-state index is 0.0674. The lowest BCUT2D eigenvalue weighted by Gasteiger charge is -2.22. The van der Waals surface area contributed by atoms with Gasteiger partial charge in [-0.25, -0.2) is 0 Å². The van der Waals surface area contributed by atoms with Gasteiger partial charge in [0.05, 0.1) is 0 Å². The molecular weight excluding hydrogens is 264 g/mol. The highest BCUT2D eigenvalue weighted by Crippen LogP contribution is 2.47. The van der Waals surface area contributed by atoms with E-state index in [1.165, 1.54) is 0 Å². The van der Waals surface area contributed by atoms with E-state index in [0.717, 1.165) is 11.1 Å². The van der Waals surface area contributed by atoms with Gasteiger partial charge in [0.15, 0.2) is 0 Å². The minimum atomic E-state index is -1.02. The van der Waals surface area contributed by atoms with Crippen LogP contribution in [0.25, 0.3) is 0 Å². The number of Topliss-reactive ketones (excluding diaryl/α,β-unsaturated/α-hetero) is 1. The van der Waals surface area contributed by atoms with E-state index in [1.807, 2.05) is 60.7 Å². The van der Waals surface area contributed by atoms with Crippen molar-refractivity contribution >= 4 is 11.8 Å². The van der Waals surface area contributed by atoms with Crippen LogP contribution in [0, 0.1) is 5.92 Å². The molecule has 0 heterocycles. The summed E-state index contributed by atoms with van der Waals surface area (Å²) in [6.45, 7) is 0. The van der Waals surface area contributed by atoms with Crippen molar-refractivity contribution in [1.29, 1.82) is 0 Å². The van der Waals surface area contributed by atoms with Crippen LogP contribution in [0.4, 0.5) is 0 Å². The van der Waals surface area contributed by atoms with E-state index in [1.54, 1.807) is 0 Å². The molecule has 1 saturated carbocycles. The molecule has 0 radical (unpaired) electrons. The van der Waals surface area contributed by atoms with Gasteiger partial charge in [-0.1, -0.05) is 60.7 Å². The van der Waals surface area contributed by atoms with Crippen molar-refractivity contribution in [2.24, 2.45) is 5.92 Å². The van der Waals surface area contributed by atoms with Crippen LogP contribution in [0.1, 0.15) is 29.4 Å². The Kier molecular flexibility index (Phi) is 3.57. The number of carboxylic acids is 1. The third kappa shape index (κ3) is 2.47. The standard InChI is InChI=1S/C18H16O3/c19-15-11-14(12-7-3-1-4-8-12)16(17(15)18(20)21)13-9-5-2-6-10-13/h1-10,14,16-17H,11H2,(H,20,21)/t14-,16-,17-/m1/s1. The van der Waals surface area contributed by atoms with Gasteiger partial charge in [0.25, 0.3) is 0 Å². The van der Waals surface area contributed by atoms with Crippen molar-refractivity contribution in [2.45, 2.75) is 18.3 Å². The SMILES string of the molecule is O=C(O)[C@@H]1C(=O)C[C@H](c2ccccc2)[C@H]1c1ccccc1. The number of carboxylic acid groups (broad SMARTS) is 1. The Bertz CT molecular complexity index is 649. The van der Waals surface area contributed by atoms with E-state index >= 15 is 0 Å². The molecule has 3 heteroatoms. The summed E-state index contributed by atoms with van der Waals surface area (Å²) in [5.74, 6) is -2.50. The maximum absolute atomic E-state index is 12.2. The fraction of sp³-hybridized carbons (Fsp3) is 0.222. The van der Waals surface area contributed by atoms with Gasteiger partial charge in [0, 0.05) is 12.3 Å². The van der Waals surface area contributed by atoms with Crippen LogP contribution >= 0.6 is 0 Å². The van der Waals surface area contributed by atoms with Crippen molar-refractivity contribution in [3.05, 3.63) is 71.8 Å². The smallest absolute Gasteiger partial charge is 0.314 e. The molecule has 3 nitrogen and oxygen atoms in total. The zero-order valence-electron chi connectivity index (χ0n) is 11.5. The Balaban J connectivity index is 2.07. The van der Waals surface area contributed by atoms with Crippen molar-refractivity contribution in [3.63, 3.8) is 0 Å². The van der Waals surface area contributed by atoms with E-state index in [9.17, 15) is 14.7 Å². The van der Waals surface area contributed by atoms with E-state index in [-0.39, 0.29) is 17.6 Å². The normalized spacial score (nSPS) is 25.0. The van der Waals surface area contributed by atoms with Crippen LogP contribution < -0.4 is 0 Å². The van der Waals surface area contributed by atoms with Crippen LogP contribution in [-0.2, 0) is 9.59 Å². The topological polar surface area (TPSA) is 54.4 Å². The zero-order chi connectivity index (χ0) is 14.8. The lowest BCUT2D eigenvalue weighted by atomic mass is 9.80. The molecule has 0 amide bonds. The lowest BCUT2D eigenvalue weighted by molar-refractivity contribution is -0.145. The third-order valence-corrected chi connectivity index (χ3v) is 4.24. The summed E-state index contributed by atoms with van der Waals surface area (Å²) in [5.41, 5.74) is 1.95. The van der Waals surface area contributed by atoms with Gasteiger partial charge in [-0.2, -0.15) is 0 Å². The molecule has 0 aromatic heterocycles. The first-order valence-corrected chi connectivity index (χ1v) is 7.04. The van der Waals surface area contributed by atoms with Gasteiger partial charge in [-0.05, 0) is 17.0 Å². The number of ketones is 1. The van der Waals surface area contributed by atoms with Gasteiger partial charge in [-0.15, -0.1) is 0 Å². The lowest BCUT2D eigenvalue weighted by Crippen LogP contribution is -2.24. The number of benzene rings is 2. The first-order valence-electron chi connectivity index (χ1n) is 7.04. The van der Waals surface area contributed by atoms with Crippen LogP contribution in [0.2, 0.25) is 0 Å². The van der Waals surface area contributed by atoms with Gasteiger partial charge in [0.2, 0.25) is 0 Å². The Morgan fingerprint density at radius 2 is 1.43 bits per heavy atom. The summed E-state index contributed by atoms with van der Waals surface area (Å²) in [4.78, 5) is 23.8. The predicted octanol–water partition coefficient (Wildman–Crippen LogP) is 3.23. The monoisotopic (exact) mass is 280 g/mol. The highest BCUT2D eigenvalue weighted by Gasteiger charge is 2.47. The first-order chi connectivity index (χ1) is 10.2. The number of hydrogen-bond donors (Lipinski definition) is 1. The molecule has 21 heavy (non-hydrogen) atoms. The van der Waals surface area contributed by atoms with Crippen LogP contribution in [-0.4, -0.2) is 16.9 Å². The molecule has 2 aromatic carbocycles. The fourth-order valence-electron chi connectivity index (χ4n) is 3.32. The molecule has 0 spiro atoms. The maximum Gasteiger partial charge on any atom is 0.314 e. The highest BCUT2D eigenvalue weighted by atomic mass is 16.4. The molecule has 0 bridgehead atoms. The number of hydrogen-bond acceptors (Lipinski definition) is 2. The maximum atomic E-state index is 12.2. The minimum Gasteiger partial charge on any atom is -0.481 e. The van der Waals surface area contributed by atoms with Gasteiger partial charge in [0.1, 0.15) is 11.7 Å². The average molecular weight is 280 g/mol. The molecule has 3 rings (SSSR count). The second-order valence-electron chi connectivity index (χ2n) is 5.44. The van der Waals surface area contributed by atoms with Crippen LogP contribution in [0.3, 0.4) is 0 Å². The quantitative estimate of drug-likeness (QED) is 0.878. The summed E-state index contributed by atoms with van der Waals surface area (Å²) >= 11 is 0. The Morgan fingerprint density at radius 1 is 0.905 bits per heavy atom. The molecule has 0 saturated heterocycles. The first kappa shape index (κ1) is 13.6. The van der Waals surface area contributed by atoms with Crippen molar-refractivity contribution in [2.75, 3.05) is 0 Å². The van der Waals surface area contributed by atoms with Gasteiger partial charge in [-0.3, -0.25) is 9.59 Å². The summed E-state index contributed by atoms with van der Waals surface area (Å²) in [7, 11) is 0. The summed E-state index contributed by atoms with van der Waals surface area (Å²) in [6.07, 6.45) is 0.292. The molecule has 3 atom stereocenters. The predicted molar refractivity (Wildman–Crippen MR) is 79.1 cm³/mol. The largest absolute Gasteiger partial charge is 0.481 e. The van der Waals surface area contributed by atoms with Crippen molar-refractivity contribution < 1.29 is 14.7 Å². The Hall–Kier alpha value is -2.42. The fourth-order valence-corrected chi connectivity index (χ4v) is 3.32. The van der Waals surface area contributed by atoms with Crippen LogP contribution in [0.5, 0.6) is 0 Å². The second-order valence-corrected chi connectivity index (χ2v) is 5.44. The molecule has 1 fully saturated rings. The molecule has 2 aromatic rings. The molecule has 1 aliphatic rings. The van der Waals surface area contributed by atoms with E-state index in [0.29, 0.717) is 6.42 Å². The Labute approximate surface area is 123 Å². The number of rotatable bonds is 3. The van der Waals surface area contributed by atoms with Gasteiger partial charge < -0.3 is 5.11 Å². The Morgan fingerprint density at radius 3 is 1.95 bits per heavy atom. The molecule has 0 aliphatic heterocycles. The van der Waals surface area contributed by atoms with Gasteiger partial charge >= 0.3 is 5.97 Å². The zero-order valence-corrected chi connectivity index (χ0v) is 11.5. The third-order valence-electron chi connectivity index (χ3n) is 4.24. The summed E-state index contributed by atoms with van der Waals surface area (Å²) in [6, 6.07) is 19.2. The molecule has 0 unspecified atom stereocenters. The number of carbonyl (C=O) groups is 2. The average Bonchev–Trinajstić information content (AvgIpc) is 2.86. The highest BCUT2D eigenvalue weighted by molar-refractivity contribution is 6.02. The second kappa shape index (κ2) is 5.52. The van der Waals surface area contributed by atoms with E-state index < -0.39 is 11.9 Å². The summed E-state index contributed by atoms with van der Waals surface area (Å²) < 4.78 is 0. The summed E-state index contributed by atoms with van der Waals surface area (Å²) in [5, 5.41) is 9.46. The van der Waals surface area contributed by atoms with E-state index in [2.05, 4.69) is 0 Å². The molecule has 1 N–H and O–H groups in total. The van der Waals surface area contributed by atoms with Crippen molar-refractivity contribution in [3.8, 4) is 0 Å².